The van der Waals surface area contributed by atoms with Gasteiger partial charge in [-0.05, 0) is 24.4 Å². The van der Waals surface area contributed by atoms with Crippen LogP contribution in [0, 0.1) is 0 Å². The van der Waals surface area contributed by atoms with Gasteiger partial charge < -0.3 is 15.4 Å². The third-order valence-electron chi connectivity index (χ3n) is 2.08. The van der Waals surface area contributed by atoms with Crippen molar-refractivity contribution in [2.24, 2.45) is 0 Å². The number of para-hydroxylation sites is 2. The van der Waals surface area contributed by atoms with Gasteiger partial charge in [-0.25, -0.2) is 4.79 Å². The number of rotatable bonds is 2. The number of alkyl halides is 3. The fraction of sp³-hybridized carbons (Fsp3) is 0.182. The van der Waals surface area contributed by atoms with E-state index in [2.05, 4.69) is 15.4 Å². The monoisotopic (exact) mass is 321 g/mol. The number of hydrogen-bond donors (Lipinski definition) is 3. The van der Waals surface area contributed by atoms with Crippen molar-refractivity contribution in [1.82, 2.24) is 5.32 Å². The second kappa shape index (κ2) is 6.88. The molecule has 10 heteroatoms. The molecule has 6 nitrogen and oxygen atoms in total. The molecule has 21 heavy (non-hydrogen) atoms. The molecule has 0 atom stereocenters. The molecule has 0 saturated heterocycles. The summed E-state index contributed by atoms with van der Waals surface area (Å²) in [5.41, 5.74) is -0.0645. The van der Waals surface area contributed by atoms with Crippen molar-refractivity contribution in [3.8, 4) is 0 Å². The molecular formula is C11H10F3N3O3S. The lowest BCUT2D eigenvalue weighted by Gasteiger charge is -2.14. The predicted octanol–water partition coefficient (Wildman–Crippen LogP) is 2.24. The van der Waals surface area contributed by atoms with Crippen LogP contribution in [0.4, 0.5) is 29.3 Å². The van der Waals surface area contributed by atoms with E-state index < -0.39 is 18.2 Å². The average molecular weight is 321 g/mol. The summed E-state index contributed by atoms with van der Waals surface area (Å²) in [7, 11) is 1.12. The smallest absolute Gasteiger partial charge is 0.453 e. The number of halogens is 3. The highest BCUT2D eigenvalue weighted by Crippen LogP contribution is 2.24. The van der Waals surface area contributed by atoms with Gasteiger partial charge in [0.1, 0.15) is 0 Å². The maximum absolute atomic E-state index is 12.2. The van der Waals surface area contributed by atoms with Crippen LogP contribution in [0.2, 0.25) is 0 Å². The summed E-state index contributed by atoms with van der Waals surface area (Å²) in [6.45, 7) is 0. The summed E-state index contributed by atoms with van der Waals surface area (Å²) in [4.78, 5) is 21.8. The Morgan fingerprint density at radius 3 is 2.14 bits per heavy atom. The molecule has 0 fully saturated rings. The summed E-state index contributed by atoms with van der Waals surface area (Å²) in [5, 5.41) is 6.08. The van der Waals surface area contributed by atoms with Crippen LogP contribution in [0.25, 0.3) is 0 Å². The molecule has 114 valence electrons. The van der Waals surface area contributed by atoms with E-state index in [1.54, 1.807) is 5.32 Å². The molecule has 0 aromatic heterocycles. The number of benzene rings is 1. The van der Waals surface area contributed by atoms with E-state index in [4.69, 9.17) is 12.2 Å². The summed E-state index contributed by atoms with van der Waals surface area (Å²) in [6, 6.07) is 5.55. The summed E-state index contributed by atoms with van der Waals surface area (Å²) < 4.78 is 40.9. The highest BCUT2D eigenvalue weighted by atomic mass is 32.1. The Morgan fingerprint density at radius 2 is 1.67 bits per heavy atom. The van der Waals surface area contributed by atoms with Gasteiger partial charge in [-0.15, -0.1) is 0 Å². The number of anilines is 2. The zero-order valence-corrected chi connectivity index (χ0v) is 11.4. The van der Waals surface area contributed by atoms with Crippen LogP contribution in [0.5, 0.6) is 0 Å². The largest absolute Gasteiger partial charge is 0.471 e. The fourth-order valence-corrected chi connectivity index (χ4v) is 1.38. The van der Waals surface area contributed by atoms with E-state index in [1.807, 2.05) is 0 Å². The minimum Gasteiger partial charge on any atom is -0.453 e. The Hall–Kier alpha value is -2.36. The van der Waals surface area contributed by atoms with E-state index in [0.717, 1.165) is 7.11 Å². The normalized spacial score (nSPS) is 10.5. The van der Waals surface area contributed by atoms with Crippen molar-refractivity contribution in [3.05, 3.63) is 24.3 Å². The summed E-state index contributed by atoms with van der Waals surface area (Å²) in [6.07, 6.45) is -5.86. The molecule has 1 aromatic carbocycles. The lowest BCUT2D eigenvalue weighted by Crippen LogP contribution is -2.34. The van der Waals surface area contributed by atoms with Crippen LogP contribution in [0.1, 0.15) is 0 Å². The Kier molecular flexibility index (Phi) is 5.47. The SMILES string of the molecule is COC(=O)NC(=S)Nc1ccccc1NC(=O)C(F)(F)F. The Morgan fingerprint density at radius 1 is 1.14 bits per heavy atom. The molecule has 0 aliphatic rings. The zero-order chi connectivity index (χ0) is 16.0. The van der Waals surface area contributed by atoms with Crippen molar-refractivity contribution in [2.45, 2.75) is 6.18 Å². The second-order valence-corrected chi connectivity index (χ2v) is 3.98. The predicted molar refractivity (Wildman–Crippen MR) is 72.9 cm³/mol. The van der Waals surface area contributed by atoms with Gasteiger partial charge >= 0.3 is 18.2 Å². The number of thiocarbonyl (C=S) groups is 1. The number of ether oxygens (including phenoxy) is 1. The van der Waals surface area contributed by atoms with Gasteiger partial charge in [0, 0.05) is 0 Å². The standard InChI is InChI=1S/C11H10F3N3O3S/c1-20-10(19)17-9(21)16-7-5-3-2-4-6(7)15-8(18)11(12,13)14/h2-5H,1H3,(H,15,18)(H2,16,17,19,21). The Labute approximate surface area is 122 Å². The van der Waals surface area contributed by atoms with Crippen molar-refractivity contribution in [3.63, 3.8) is 0 Å². The molecule has 0 bridgehead atoms. The lowest BCUT2D eigenvalue weighted by molar-refractivity contribution is -0.167. The molecule has 0 saturated carbocycles. The minimum absolute atomic E-state index is 0.0801. The van der Waals surface area contributed by atoms with Crippen LogP contribution < -0.4 is 16.0 Å². The van der Waals surface area contributed by atoms with Crippen molar-refractivity contribution >= 4 is 40.7 Å². The third-order valence-corrected chi connectivity index (χ3v) is 2.29. The van der Waals surface area contributed by atoms with Gasteiger partial charge in [-0.3, -0.25) is 10.1 Å². The molecule has 0 radical (unpaired) electrons. The van der Waals surface area contributed by atoms with E-state index in [9.17, 15) is 22.8 Å². The quantitative estimate of drug-likeness (QED) is 0.728. The van der Waals surface area contributed by atoms with Crippen molar-refractivity contribution in [2.75, 3.05) is 17.7 Å². The summed E-state index contributed by atoms with van der Waals surface area (Å²) in [5.74, 6) is -2.12. The van der Waals surface area contributed by atoms with Crippen LogP contribution in [-0.4, -0.2) is 30.4 Å². The summed E-state index contributed by atoms with van der Waals surface area (Å²) >= 11 is 4.77. The van der Waals surface area contributed by atoms with Crippen LogP contribution in [-0.2, 0) is 9.53 Å². The van der Waals surface area contributed by atoms with Gasteiger partial charge in [0.15, 0.2) is 5.11 Å². The molecule has 0 spiro atoms. The lowest BCUT2D eigenvalue weighted by atomic mass is 10.2. The molecule has 3 N–H and O–H groups in total. The van der Waals surface area contributed by atoms with Crippen LogP contribution in [0.15, 0.2) is 24.3 Å². The maximum atomic E-state index is 12.2. The number of carbonyl (C=O) groups excluding carboxylic acids is 2. The molecule has 1 aromatic rings. The third kappa shape index (κ3) is 5.26. The topological polar surface area (TPSA) is 79.5 Å². The molecule has 0 aliphatic heterocycles. The zero-order valence-electron chi connectivity index (χ0n) is 10.6. The van der Waals surface area contributed by atoms with E-state index in [1.165, 1.54) is 24.3 Å². The van der Waals surface area contributed by atoms with E-state index in [0.29, 0.717) is 0 Å². The fourth-order valence-electron chi connectivity index (χ4n) is 1.19. The van der Waals surface area contributed by atoms with E-state index >= 15 is 0 Å². The second-order valence-electron chi connectivity index (χ2n) is 3.57. The highest BCUT2D eigenvalue weighted by molar-refractivity contribution is 7.80. The number of methoxy groups -OCH3 is 1. The highest BCUT2D eigenvalue weighted by Gasteiger charge is 2.38. The van der Waals surface area contributed by atoms with Crippen LogP contribution in [0.3, 0.4) is 0 Å². The van der Waals surface area contributed by atoms with Gasteiger partial charge in [0.2, 0.25) is 0 Å². The molecule has 1 rings (SSSR count). The molecule has 0 aliphatic carbocycles. The van der Waals surface area contributed by atoms with Gasteiger partial charge in [-0.1, -0.05) is 12.1 Å². The number of carbonyl (C=O) groups is 2. The first kappa shape index (κ1) is 16.7. The number of hydrogen-bond acceptors (Lipinski definition) is 4. The van der Waals surface area contributed by atoms with E-state index in [-0.39, 0.29) is 16.5 Å². The van der Waals surface area contributed by atoms with Crippen molar-refractivity contribution in [1.29, 1.82) is 0 Å². The van der Waals surface area contributed by atoms with Gasteiger partial charge in [0.25, 0.3) is 0 Å². The molecule has 2 amide bonds. The minimum atomic E-state index is -5.02. The van der Waals surface area contributed by atoms with Crippen molar-refractivity contribution < 1.29 is 27.5 Å². The maximum Gasteiger partial charge on any atom is 0.471 e. The van der Waals surface area contributed by atoms with Gasteiger partial charge in [0.05, 0.1) is 18.5 Å². The molecular weight excluding hydrogens is 311 g/mol. The van der Waals surface area contributed by atoms with Crippen LogP contribution >= 0.6 is 12.2 Å². The molecule has 0 heterocycles. The van der Waals surface area contributed by atoms with Gasteiger partial charge in [-0.2, -0.15) is 13.2 Å². The first-order valence-corrected chi connectivity index (χ1v) is 5.78. The number of amides is 2. The molecule has 0 unspecified atom stereocenters. The Bertz CT molecular complexity index is 563. The first-order valence-electron chi connectivity index (χ1n) is 5.37. The number of nitrogens with one attached hydrogen (secondary N) is 3. The Balaban J connectivity index is 2.83. The first-order chi connectivity index (χ1) is 9.74. The number of alkyl carbamates (subject to hydrolysis) is 1. The average Bonchev–Trinajstić information content (AvgIpc) is 2.39.